The van der Waals surface area contributed by atoms with E-state index in [-0.39, 0.29) is 0 Å². The molecule has 13 rings (SSSR count). The SMILES string of the molecule is CC(C)c1ccc(N(c2ccc3cc4c(cc3c2)oc2cc3cc(N(c5ccc(C(C)C)cc5)c5cccc6c5oc5ccccc56)ccc3cc24)c2cccc3c2oc2ccccc23)cc1. The van der Waals surface area contributed by atoms with Crippen LogP contribution in [0, 0.1) is 0 Å². The van der Waals surface area contributed by atoms with Gasteiger partial charge in [0.15, 0.2) is 11.2 Å². The molecule has 0 aliphatic rings. The molecule has 0 radical (unpaired) electrons. The van der Waals surface area contributed by atoms with Crippen LogP contribution in [0.25, 0.3) is 87.4 Å². The molecule has 0 aliphatic heterocycles. The van der Waals surface area contributed by atoms with Gasteiger partial charge in [0.05, 0.1) is 11.4 Å². The van der Waals surface area contributed by atoms with E-state index in [1.165, 1.54) is 11.1 Å². The number of hydrogen-bond donors (Lipinski definition) is 0. The Labute approximate surface area is 387 Å². The average Bonchev–Trinajstić information content (AvgIpc) is 4.04. The highest BCUT2D eigenvalue weighted by Crippen LogP contribution is 2.46. The second-order valence-corrected chi connectivity index (χ2v) is 18.5. The number of furan rings is 3. The first kappa shape index (κ1) is 39.1. The van der Waals surface area contributed by atoms with Crippen molar-refractivity contribution in [2.45, 2.75) is 39.5 Å². The largest absolute Gasteiger partial charge is 0.456 e. The molecule has 13 aromatic rings. The van der Waals surface area contributed by atoms with E-state index in [0.717, 1.165) is 121 Å². The molecule has 0 amide bonds. The van der Waals surface area contributed by atoms with Crippen molar-refractivity contribution < 1.29 is 13.3 Å². The minimum Gasteiger partial charge on any atom is -0.456 e. The number of anilines is 6. The predicted molar refractivity (Wildman–Crippen MR) is 281 cm³/mol. The number of benzene rings is 10. The summed E-state index contributed by atoms with van der Waals surface area (Å²) in [6.45, 7) is 8.93. The predicted octanol–water partition coefficient (Wildman–Crippen LogP) is 18.9. The van der Waals surface area contributed by atoms with E-state index in [1.54, 1.807) is 0 Å². The van der Waals surface area contributed by atoms with Crippen molar-refractivity contribution >= 4 is 121 Å². The molecule has 0 aliphatic carbocycles. The second kappa shape index (κ2) is 15.1. The molecule has 5 nitrogen and oxygen atoms in total. The van der Waals surface area contributed by atoms with Crippen molar-refractivity contribution in [1.29, 1.82) is 0 Å². The van der Waals surface area contributed by atoms with E-state index in [0.29, 0.717) is 11.8 Å². The van der Waals surface area contributed by atoms with E-state index >= 15 is 0 Å². The van der Waals surface area contributed by atoms with Gasteiger partial charge in [-0.15, -0.1) is 0 Å². The molecule has 0 bridgehead atoms. The van der Waals surface area contributed by atoms with Crippen LogP contribution in [0.1, 0.15) is 50.7 Å². The van der Waals surface area contributed by atoms with Crippen LogP contribution in [-0.4, -0.2) is 0 Å². The molecular formula is C62H46N2O3. The quantitative estimate of drug-likeness (QED) is 0.152. The first-order valence-electron chi connectivity index (χ1n) is 23.3. The highest BCUT2D eigenvalue weighted by atomic mass is 16.3. The lowest BCUT2D eigenvalue weighted by Gasteiger charge is -2.26. The molecule has 10 aromatic carbocycles. The van der Waals surface area contributed by atoms with Gasteiger partial charge < -0.3 is 23.1 Å². The Morgan fingerprint density at radius 2 is 0.701 bits per heavy atom. The lowest BCUT2D eigenvalue weighted by Crippen LogP contribution is -2.10. The molecule has 67 heavy (non-hydrogen) atoms. The fraction of sp³-hybridized carbons (Fsp3) is 0.0968. The number of nitrogens with zero attached hydrogens (tertiary/aromatic N) is 2. The van der Waals surface area contributed by atoms with Gasteiger partial charge in [-0.3, -0.25) is 0 Å². The van der Waals surface area contributed by atoms with Crippen LogP contribution in [0.3, 0.4) is 0 Å². The van der Waals surface area contributed by atoms with Gasteiger partial charge in [-0.25, -0.2) is 0 Å². The zero-order valence-electron chi connectivity index (χ0n) is 37.7. The van der Waals surface area contributed by atoms with Crippen molar-refractivity contribution in [2.24, 2.45) is 0 Å². The Morgan fingerprint density at radius 1 is 0.299 bits per heavy atom. The molecule has 0 unspecified atom stereocenters. The summed E-state index contributed by atoms with van der Waals surface area (Å²) in [6.07, 6.45) is 0. The van der Waals surface area contributed by atoms with Gasteiger partial charge >= 0.3 is 0 Å². The van der Waals surface area contributed by atoms with Gasteiger partial charge in [-0.1, -0.05) is 125 Å². The van der Waals surface area contributed by atoms with E-state index in [4.69, 9.17) is 13.3 Å². The first-order chi connectivity index (χ1) is 32.8. The van der Waals surface area contributed by atoms with Crippen molar-refractivity contribution in [3.8, 4) is 0 Å². The number of hydrogen-bond acceptors (Lipinski definition) is 5. The molecule has 322 valence electrons. The maximum atomic E-state index is 6.80. The third kappa shape index (κ3) is 6.37. The first-order valence-corrected chi connectivity index (χ1v) is 23.3. The summed E-state index contributed by atoms with van der Waals surface area (Å²) >= 11 is 0. The Morgan fingerprint density at radius 3 is 1.13 bits per heavy atom. The van der Waals surface area contributed by atoms with E-state index < -0.39 is 0 Å². The number of fused-ring (bicyclic) bond motifs is 11. The maximum absolute atomic E-state index is 6.80. The highest BCUT2D eigenvalue weighted by molar-refractivity contribution is 6.15. The third-order valence-corrected chi connectivity index (χ3v) is 13.8. The minimum absolute atomic E-state index is 0.430. The van der Waals surface area contributed by atoms with Gasteiger partial charge in [0.25, 0.3) is 0 Å². The standard InChI is InChI=1S/C62H46N2O3/c1-37(2)39-19-25-45(26-20-39)63(55-15-9-13-51-49-11-5-7-17-57(49)66-61(51)55)47-29-23-41-33-53-54-34-42-24-30-48(32-44(42)36-60(54)65-59(53)35-43(41)31-47)64(46-27-21-40(22-28-46)38(3)4)56-16-10-14-52-50-12-6-8-18-58(50)67-62(52)56/h5-38H,1-4H3. The van der Waals surface area contributed by atoms with Crippen LogP contribution in [0.15, 0.2) is 207 Å². The van der Waals surface area contributed by atoms with Crippen molar-refractivity contribution in [1.82, 2.24) is 0 Å². The average molecular weight is 867 g/mol. The van der Waals surface area contributed by atoms with E-state index in [9.17, 15) is 0 Å². The fourth-order valence-electron chi connectivity index (χ4n) is 10.2. The summed E-state index contributed by atoms with van der Waals surface area (Å²) in [4.78, 5) is 4.63. The molecule has 0 saturated heterocycles. The Hall–Kier alpha value is -8.28. The monoisotopic (exact) mass is 866 g/mol. The molecule has 3 aromatic heterocycles. The van der Waals surface area contributed by atoms with Gasteiger partial charge in [0.1, 0.15) is 22.3 Å². The summed E-state index contributed by atoms with van der Waals surface area (Å²) in [5.41, 5.74) is 14.0. The molecular weight excluding hydrogens is 821 g/mol. The second-order valence-electron chi connectivity index (χ2n) is 18.5. The summed E-state index contributed by atoms with van der Waals surface area (Å²) in [5.74, 6) is 0.859. The van der Waals surface area contributed by atoms with E-state index in [2.05, 4.69) is 207 Å². The topological polar surface area (TPSA) is 45.9 Å². The Bertz CT molecular complexity index is 3790. The molecule has 5 heteroatoms. The zero-order chi connectivity index (χ0) is 44.9. The lowest BCUT2D eigenvalue weighted by molar-refractivity contribution is 0.668. The number of para-hydroxylation sites is 4. The van der Waals surface area contributed by atoms with Crippen molar-refractivity contribution in [3.63, 3.8) is 0 Å². The fourth-order valence-corrected chi connectivity index (χ4v) is 10.2. The highest BCUT2D eigenvalue weighted by Gasteiger charge is 2.23. The van der Waals surface area contributed by atoms with Gasteiger partial charge in [-0.2, -0.15) is 0 Å². The zero-order valence-corrected chi connectivity index (χ0v) is 37.7. The van der Waals surface area contributed by atoms with Gasteiger partial charge in [-0.05, 0) is 142 Å². The molecule has 0 atom stereocenters. The summed E-state index contributed by atoms with van der Waals surface area (Å²) in [7, 11) is 0. The Kier molecular flexibility index (Phi) is 8.84. The van der Waals surface area contributed by atoms with Crippen LogP contribution < -0.4 is 9.80 Å². The van der Waals surface area contributed by atoms with Crippen LogP contribution in [-0.2, 0) is 0 Å². The van der Waals surface area contributed by atoms with E-state index in [1.807, 2.05) is 24.3 Å². The molecule has 0 fully saturated rings. The van der Waals surface area contributed by atoms with Crippen LogP contribution in [0.5, 0.6) is 0 Å². The maximum Gasteiger partial charge on any atom is 0.159 e. The Balaban J connectivity index is 0.937. The smallest absolute Gasteiger partial charge is 0.159 e. The normalized spacial score (nSPS) is 12.1. The minimum atomic E-state index is 0.430. The van der Waals surface area contributed by atoms with Crippen LogP contribution in [0.4, 0.5) is 34.1 Å². The van der Waals surface area contributed by atoms with Crippen molar-refractivity contribution in [2.75, 3.05) is 9.80 Å². The third-order valence-electron chi connectivity index (χ3n) is 13.8. The summed E-state index contributed by atoms with van der Waals surface area (Å²) in [5, 5.41) is 11.1. The lowest BCUT2D eigenvalue weighted by atomic mass is 10.0. The van der Waals surface area contributed by atoms with Crippen molar-refractivity contribution in [3.05, 3.63) is 205 Å². The van der Waals surface area contributed by atoms with Crippen LogP contribution in [0.2, 0.25) is 0 Å². The summed E-state index contributed by atoms with van der Waals surface area (Å²) in [6, 6.07) is 69.7. The number of rotatable bonds is 8. The van der Waals surface area contributed by atoms with Crippen LogP contribution >= 0.6 is 0 Å². The molecule has 0 saturated carbocycles. The van der Waals surface area contributed by atoms with Gasteiger partial charge in [0, 0.05) is 55.1 Å². The molecule has 0 spiro atoms. The molecule has 3 heterocycles. The van der Waals surface area contributed by atoms with Gasteiger partial charge in [0.2, 0.25) is 0 Å². The molecule has 0 N–H and O–H groups in total. The summed E-state index contributed by atoms with van der Waals surface area (Å²) < 4.78 is 20.1.